The molecule has 3 unspecified atom stereocenters. The summed E-state index contributed by atoms with van der Waals surface area (Å²) in [5.41, 5.74) is 0.590. The van der Waals surface area contributed by atoms with Crippen LogP contribution in [0.3, 0.4) is 0 Å². The van der Waals surface area contributed by atoms with Gasteiger partial charge in [-0.05, 0) is 43.3 Å². The van der Waals surface area contributed by atoms with Gasteiger partial charge in [0.25, 0.3) is 0 Å². The lowest BCUT2D eigenvalue weighted by Gasteiger charge is -2.42. The molecule has 0 bridgehead atoms. The molecule has 0 amide bonds. The summed E-state index contributed by atoms with van der Waals surface area (Å²) < 4.78 is 0. The predicted molar refractivity (Wildman–Crippen MR) is 64.6 cm³/mol. The van der Waals surface area contributed by atoms with Crippen molar-refractivity contribution in [1.82, 2.24) is 5.32 Å². The second-order valence-corrected chi connectivity index (χ2v) is 7.10. The van der Waals surface area contributed by atoms with E-state index in [1.165, 1.54) is 25.0 Å². The van der Waals surface area contributed by atoms with E-state index in [1.807, 2.05) is 0 Å². The SMILES string of the molecule is CCC1(C2CC2(C)C)NC(C)CCS1. The van der Waals surface area contributed by atoms with Gasteiger partial charge in [0, 0.05) is 6.04 Å². The second kappa shape index (κ2) is 3.41. The molecule has 1 N–H and O–H groups in total. The Morgan fingerprint density at radius 1 is 1.43 bits per heavy atom. The number of thioether (sulfide) groups is 1. The van der Waals surface area contributed by atoms with Gasteiger partial charge in [0.15, 0.2) is 0 Å². The first-order chi connectivity index (χ1) is 6.50. The molecule has 2 rings (SSSR count). The zero-order valence-corrected chi connectivity index (χ0v) is 10.7. The Hall–Kier alpha value is 0.310. The van der Waals surface area contributed by atoms with Gasteiger partial charge in [-0.25, -0.2) is 0 Å². The van der Waals surface area contributed by atoms with Crippen LogP contribution in [0.1, 0.15) is 47.0 Å². The van der Waals surface area contributed by atoms with Crippen molar-refractivity contribution in [3.63, 3.8) is 0 Å². The summed E-state index contributed by atoms with van der Waals surface area (Å²) >= 11 is 2.18. The van der Waals surface area contributed by atoms with Gasteiger partial charge in [0.2, 0.25) is 0 Å². The van der Waals surface area contributed by atoms with Crippen molar-refractivity contribution in [2.75, 3.05) is 5.75 Å². The van der Waals surface area contributed by atoms with E-state index in [4.69, 9.17) is 0 Å². The van der Waals surface area contributed by atoms with Crippen LogP contribution in [0.25, 0.3) is 0 Å². The zero-order valence-electron chi connectivity index (χ0n) is 9.89. The maximum Gasteiger partial charge on any atom is 0.0678 e. The topological polar surface area (TPSA) is 12.0 Å². The molecular weight excluding hydrogens is 190 g/mol. The van der Waals surface area contributed by atoms with Gasteiger partial charge in [0.1, 0.15) is 0 Å². The minimum atomic E-state index is 0.404. The zero-order chi connectivity index (χ0) is 10.4. The molecule has 0 radical (unpaired) electrons. The average Bonchev–Trinajstić information content (AvgIpc) is 2.76. The minimum Gasteiger partial charge on any atom is -0.300 e. The quantitative estimate of drug-likeness (QED) is 0.755. The second-order valence-electron chi connectivity index (χ2n) is 5.67. The van der Waals surface area contributed by atoms with Crippen LogP contribution >= 0.6 is 11.8 Å². The van der Waals surface area contributed by atoms with Crippen molar-refractivity contribution < 1.29 is 0 Å². The number of nitrogens with one attached hydrogen (secondary N) is 1. The molecule has 0 aromatic rings. The van der Waals surface area contributed by atoms with Gasteiger partial charge < -0.3 is 5.32 Å². The van der Waals surface area contributed by atoms with Crippen molar-refractivity contribution in [3.05, 3.63) is 0 Å². The van der Waals surface area contributed by atoms with Crippen molar-refractivity contribution >= 4 is 11.8 Å². The molecule has 82 valence electrons. The van der Waals surface area contributed by atoms with Crippen molar-refractivity contribution in [3.8, 4) is 0 Å². The third-order valence-electron chi connectivity index (χ3n) is 4.00. The summed E-state index contributed by atoms with van der Waals surface area (Å²) in [6, 6.07) is 0.715. The van der Waals surface area contributed by atoms with E-state index in [0.717, 1.165) is 5.92 Å². The van der Waals surface area contributed by atoms with E-state index in [2.05, 4.69) is 44.8 Å². The van der Waals surface area contributed by atoms with E-state index in [0.29, 0.717) is 16.3 Å². The van der Waals surface area contributed by atoms with Crippen molar-refractivity contribution in [2.24, 2.45) is 11.3 Å². The Labute approximate surface area is 92.4 Å². The fraction of sp³-hybridized carbons (Fsp3) is 1.00. The van der Waals surface area contributed by atoms with Gasteiger partial charge in [0.05, 0.1) is 4.87 Å². The predicted octanol–water partition coefficient (Wildman–Crippen LogP) is 3.25. The highest BCUT2D eigenvalue weighted by Crippen LogP contribution is 2.62. The highest BCUT2D eigenvalue weighted by atomic mass is 32.2. The van der Waals surface area contributed by atoms with Gasteiger partial charge >= 0.3 is 0 Å². The molecular formula is C12H23NS. The van der Waals surface area contributed by atoms with Crippen molar-refractivity contribution in [1.29, 1.82) is 0 Å². The third-order valence-corrected chi connectivity index (χ3v) is 5.65. The molecule has 1 nitrogen and oxygen atoms in total. The van der Waals surface area contributed by atoms with E-state index >= 15 is 0 Å². The highest BCUT2D eigenvalue weighted by molar-refractivity contribution is 8.00. The highest BCUT2D eigenvalue weighted by Gasteiger charge is 2.58. The maximum absolute atomic E-state index is 3.86. The largest absolute Gasteiger partial charge is 0.300 e. The van der Waals surface area contributed by atoms with Gasteiger partial charge in [-0.15, -0.1) is 11.8 Å². The summed E-state index contributed by atoms with van der Waals surface area (Å²) in [7, 11) is 0. The summed E-state index contributed by atoms with van der Waals surface area (Å²) in [4.78, 5) is 0.404. The molecule has 0 spiro atoms. The molecule has 1 aliphatic heterocycles. The Morgan fingerprint density at radius 2 is 2.07 bits per heavy atom. The lowest BCUT2D eigenvalue weighted by molar-refractivity contribution is 0.311. The van der Waals surface area contributed by atoms with Crippen LogP contribution in [0.15, 0.2) is 0 Å². The van der Waals surface area contributed by atoms with Crippen LogP contribution < -0.4 is 5.32 Å². The smallest absolute Gasteiger partial charge is 0.0678 e. The first-order valence-corrected chi connectivity index (χ1v) is 6.90. The van der Waals surface area contributed by atoms with Crippen LogP contribution in [0.4, 0.5) is 0 Å². The molecule has 1 heterocycles. The fourth-order valence-corrected chi connectivity index (χ4v) is 4.79. The van der Waals surface area contributed by atoms with Gasteiger partial charge in [-0.1, -0.05) is 20.8 Å². The molecule has 14 heavy (non-hydrogen) atoms. The Bertz CT molecular complexity index is 226. The van der Waals surface area contributed by atoms with E-state index in [1.54, 1.807) is 0 Å². The van der Waals surface area contributed by atoms with Crippen molar-refractivity contribution in [2.45, 2.75) is 57.9 Å². The number of hydrogen-bond donors (Lipinski definition) is 1. The van der Waals surface area contributed by atoms with Crippen LogP contribution in [0.2, 0.25) is 0 Å². The molecule has 0 aromatic carbocycles. The standard InChI is InChI=1S/C12H23NS/c1-5-12(10-8-11(10,3)4)13-9(2)6-7-14-12/h9-10,13H,5-8H2,1-4H3. The molecule has 3 atom stereocenters. The van der Waals surface area contributed by atoms with Gasteiger partial charge in [-0.3, -0.25) is 0 Å². The third kappa shape index (κ3) is 1.71. The Balaban J connectivity index is 2.10. The lowest BCUT2D eigenvalue weighted by Crippen LogP contribution is -2.52. The summed E-state index contributed by atoms with van der Waals surface area (Å²) in [6.45, 7) is 9.50. The molecule has 1 saturated heterocycles. The average molecular weight is 213 g/mol. The normalized spacial score (nSPS) is 46.3. The number of rotatable bonds is 2. The maximum atomic E-state index is 3.86. The van der Waals surface area contributed by atoms with Crippen LogP contribution in [0.5, 0.6) is 0 Å². The molecule has 0 aromatic heterocycles. The van der Waals surface area contributed by atoms with Crippen LogP contribution in [-0.2, 0) is 0 Å². The van der Waals surface area contributed by atoms with E-state index in [-0.39, 0.29) is 0 Å². The minimum absolute atomic E-state index is 0.404. The first kappa shape index (κ1) is 10.8. The first-order valence-electron chi connectivity index (χ1n) is 5.92. The molecule has 2 heteroatoms. The lowest BCUT2D eigenvalue weighted by atomic mass is 9.99. The Morgan fingerprint density at radius 3 is 2.50 bits per heavy atom. The fourth-order valence-electron chi connectivity index (χ4n) is 2.86. The summed E-state index contributed by atoms with van der Waals surface area (Å²) in [5, 5.41) is 3.86. The molecule has 2 aliphatic rings. The molecule has 1 aliphatic carbocycles. The molecule has 2 fully saturated rings. The van der Waals surface area contributed by atoms with E-state index in [9.17, 15) is 0 Å². The molecule has 1 saturated carbocycles. The van der Waals surface area contributed by atoms with Gasteiger partial charge in [-0.2, -0.15) is 0 Å². The monoisotopic (exact) mass is 213 g/mol. The Kier molecular flexibility index (Phi) is 2.64. The van der Waals surface area contributed by atoms with Crippen LogP contribution in [-0.4, -0.2) is 16.7 Å². The number of hydrogen-bond acceptors (Lipinski definition) is 2. The summed E-state index contributed by atoms with van der Waals surface area (Å²) in [6.07, 6.45) is 4.02. The van der Waals surface area contributed by atoms with E-state index < -0.39 is 0 Å². The summed E-state index contributed by atoms with van der Waals surface area (Å²) in [5.74, 6) is 2.24. The van der Waals surface area contributed by atoms with Crippen LogP contribution in [0, 0.1) is 11.3 Å².